The van der Waals surface area contributed by atoms with Crippen molar-refractivity contribution in [2.24, 2.45) is 0 Å². The minimum absolute atomic E-state index is 0.00730. The molecule has 0 aliphatic heterocycles. The van der Waals surface area contributed by atoms with Crippen molar-refractivity contribution < 1.29 is 19.0 Å². The van der Waals surface area contributed by atoms with E-state index in [-0.39, 0.29) is 22.2 Å². The molecule has 1 N–H and O–H groups in total. The van der Waals surface area contributed by atoms with Gasteiger partial charge in [0.2, 0.25) is 5.91 Å². The minimum atomic E-state index is -0.332. The summed E-state index contributed by atoms with van der Waals surface area (Å²) in [7, 11) is 4.60. The molecule has 0 spiro atoms. The van der Waals surface area contributed by atoms with Crippen LogP contribution in [0.4, 0.5) is 5.69 Å². The van der Waals surface area contributed by atoms with E-state index in [0.29, 0.717) is 28.6 Å². The highest BCUT2D eigenvalue weighted by Gasteiger charge is 2.14. The number of amides is 1. The van der Waals surface area contributed by atoms with Gasteiger partial charge in [0.15, 0.2) is 5.03 Å². The van der Waals surface area contributed by atoms with Crippen LogP contribution in [0.3, 0.4) is 0 Å². The number of benzene rings is 2. The third kappa shape index (κ3) is 4.74. The molecule has 0 radical (unpaired) electrons. The molecule has 8 nitrogen and oxygen atoms in total. The number of rotatable bonds is 8. The Morgan fingerprint density at radius 2 is 1.83 bits per heavy atom. The Morgan fingerprint density at radius 1 is 1.07 bits per heavy atom. The number of para-hydroxylation sites is 2. The van der Waals surface area contributed by atoms with Crippen LogP contribution in [0.5, 0.6) is 17.2 Å². The molecule has 3 aromatic rings. The van der Waals surface area contributed by atoms with Gasteiger partial charge in [-0.05, 0) is 24.3 Å². The molecular formula is C21H21N3O5S. The number of methoxy groups -OCH3 is 3. The van der Waals surface area contributed by atoms with E-state index in [2.05, 4.69) is 10.3 Å². The minimum Gasteiger partial charge on any atom is -0.497 e. The largest absolute Gasteiger partial charge is 0.497 e. The third-order valence-corrected chi connectivity index (χ3v) is 5.14. The van der Waals surface area contributed by atoms with E-state index in [0.717, 1.165) is 11.8 Å². The van der Waals surface area contributed by atoms with Crippen molar-refractivity contribution in [1.82, 2.24) is 9.55 Å². The predicted molar refractivity (Wildman–Crippen MR) is 115 cm³/mol. The van der Waals surface area contributed by atoms with Crippen LogP contribution in [0.15, 0.2) is 64.7 Å². The maximum Gasteiger partial charge on any atom is 0.287 e. The Bertz CT molecular complexity index is 1100. The van der Waals surface area contributed by atoms with Crippen molar-refractivity contribution in [3.63, 3.8) is 0 Å². The Balaban J connectivity index is 1.74. The van der Waals surface area contributed by atoms with Crippen LogP contribution in [0, 0.1) is 0 Å². The number of nitrogens with one attached hydrogen (secondary N) is 1. The van der Waals surface area contributed by atoms with Gasteiger partial charge >= 0.3 is 0 Å². The van der Waals surface area contributed by atoms with E-state index in [4.69, 9.17) is 14.2 Å². The quantitative estimate of drug-likeness (QED) is 0.553. The van der Waals surface area contributed by atoms with Crippen molar-refractivity contribution in [3.05, 3.63) is 65.2 Å². The zero-order valence-electron chi connectivity index (χ0n) is 16.7. The van der Waals surface area contributed by atoms with Crippen molar-refractivity contribution in [1.29, 1.82) is 0 Å². The molecule has 156 valence electrons. The topological polar surface area (TPSA) is 91.7 Å². The molecule has 1 aromatic heterocycles. The Kier molecular flexibility index (Phi) is 6.97. The highest BCUT2D eigenvalue weighted by Crippen LogP contribution is 2.29. The number of anilines is 1. The molecule has 0 aliphatic carbocycles. The van der Waals surface area contributed by atoms with Gasteiger partial charge in [-0.25, -0.2) is 4.98 Å². The average Bonchev–Trinajstić information content (AvgIpc) is 2.78. The first-order chi connectivity index (χ1) is 14.6. The first kappa shape index (κ1) is 21.3. The van der Waals surface area contributed by atoms with Crippen LogP contribution in [-0.2, 0) is 4.79 Å². The number of aromatic nitrogens is 2. The second-order valence-electron chi connectivity index (χ2n) is 5.98. The smallest absolute Gasteiger partial charge is 0.287 e. The van der Waals surface area contributed by atoms with Crippen molar-refractivity contribution >= 4 is 23.4 Å². The van der Waals surface area contributed by atoms with Gasteiger partial charge in [-0.1, -0.05) is 23.9 Å². The molecule has 0 saturated heterocycles. The van der Waals surface area contributed by atoms with Gasteiger partial charge < -0.3 is 19.5 Å². The standard InChI is InChI=1S/C21H21N3O5S/c1-27-14-8-9-15(18(12-14)29-3)23-19(25)13-30-20-21(26)24(11-10-22-20)16-6-4-5-7-17(16)28-2/h4-12H,13H2,1-3H3,(H,23,25). The van der Waals surface area contributed by atoms with E-state index in [1.807, 2.05) is 12.1 Å². The number of hydrogen-bond donors (Lipinski definition) is 1. The molecule has 1 amide bonds. The summed E-state index contributed by atoms with van der Waals surface area (Å²) in [5.41, 5.74) is 0.778. The summed E-state index contributed by atoms with van der Waals surface area (Å²) in [6.45, 7) is 0. The lowest BCUT2D eigenvalue weighted by Crippen LogP contribution is -2.22. The average molecular weight is 427 g/mol. The van der Waals surface area contributed by atoms with Crippen LogP contribution in [0.1, 0.15) is 0 Å². The molecule has 2 aromatic carbocycles. The first-order valence-electron chi connectivity index (χ1n) is 8.93. The van der Waals surface area contributed by atoms with Gasteiger partial charge in [-0.15, -0.1) is 0 Å². The molecule has 0 atom stereocenters. The molecule has 0 unspecified atom stereocenters. The lowest BCUT2D eigenvalue weighted by Gasteiger charge is -2.12. The van der Waals surface area contributed by atoms with Crippen LogP contribution >= 0.6 is 11.8 Å². The summed E-state index contributed by atoms with van der Waals surface area (Å²) >= 11 is 1.05. The summed E-state index contributed by atoms with van der Waals surface area (Å²) in [6.07, 6.45) is 3.08. The van der Waals surface area contributed by atoms with Gasteiger partial charge in [0.25, 0.3) is 5.56 Å². The number of nitrogens with zero attached hydrogens (tertiary/aromatic N) is 2. The Hall–Kier alpha value is -3.46. The summed E-state index contributed by atoms with van der Waals surface area (Å²) in [6, 6.07) is 12.3. The lowest BCUT2D eigenvalue weighted by atomic mass is 10.2. The number of carbonyl (C=O) groups excluding carboxylic acids is 1. The molecule has 3 rings (SSSR count). The molecule has 9 heteroatoms. The predicted octanol–water partition coefficient (Wildman–Crippen LogP) is 2.99. The maximum absolute atomic E-state index is 12.8. The van der Waals surface area contributed by atoms with Gasteiger partial charge in [0.1, 0.15) is 17.2 Å². The normalized spacial score (nSPS) is 10.4. The van der Waals surface area contributed by atoms with E-state index in [9.17, 15) is 9.59 Å². The van der Waals surface area contributed by atoms with Crippen molar-refractivity contribution in [2.45, 2.75) is 5.03 Å². The molecule has 0 fully saturated rings. The Labute approximate surface area is 177 Å². The summed E-state index contributed by atoms with van der Waals surface area (Å²) < 4.78 is 17.2. The van der Waals surface area contributed by atoms with Gasteiger partial charge in [-0.2, -0.15) is 0 Å². The number of thioether (sulfide) groups is 1. The fourth-order valence-electron chi connectivity index (χ4n) is 2.73. The van der Waals surface area contributed by atoms with E-state index in [1.54, 1.807) is 50.7 Å². The molecule has 0 saturated carbocycles. The fraction of sp³-hybridized carbons (Fsp3) is 0.190. The van der Waals surface area contributed by atoms with Gasteiger partial charge in [0.05, 0.1) is 38.5 Å². The molecule has 30 heavy (non-hydrogen) atoms. The fourth-order valence-corrected chi connectivity index (χ4v) is 3.43. The number of hydrogen-bond acceptors (Lipinski definition) is 7. The van der Waals surface area contributed by atoms with Crippen LogP contribution < -0.4 is 25.1 Å². The van der Waals surface area contributed by atoms with Crippen molar-refractivity contribution in [2.75, 3.05) is 32.4 Å². The maximum atomic E-state index is 12.8. The highest BCUT2D eigenvalue weighted by molar-refractivity contribution is 7.99. The monoisotopic (exact) mass is 427 g/mol. The van der Waals surface area contributed by atoms with E-state index in [1.165, 1.54) is 17.9 Å². The van der Waals surface area contributed by atoms with Gasteiger partial charge in [0, 0.05) is 18.5 Å². The molecule has 0 aliphatic rings. The SMILES string of the molecule is COc1ccc(NC(=O)CSc2nccn(-c3ccccc3OC)c2=O)c(OC)c1. The van der Waals surface area contributed by atoms with Crippen LogP contribution in [0.25, 0.3) is 5.69 Å². The summed E-state index contributed by atoms with van der Waals surface area (Å²) in [5, 5.41) is 2.98. The summed E-state index contributed by atoms with van der Waals surface area (Å²) in [5.74, 6) is 1.37. The number of ether oxygens (including phenoxy) is 3. The van der Waals surface area contributed by atoms with Crippen LogP contribution in [0.2, 0.25) is 0 Å². The molecule has 0 bridgehead atoms. The van der Waals surface area contributed by atoms with Crippen LogP contribution in [-0.4, -0.2) is 42.5 Å². The second-order valence-corrected chi connectivity index (χ2v) is 6.95. The van der Waals surface area contributed by atoms with Crippen molar-refractivity contribution in [3.8, 4) is 22.9 Å². The van der Waals surface area contributed by atoms with E-state index < -0.39 is 0 Å². The zero-order valence-corrected chi connectivity index (χ0v) is 17.6. The Morgan fingerprint density at radius 3 is 2.57 bits per heavy atom. The highest BCUT2D eigenvalue weighted by atomic mass is 32.2. The second kappa shape index (κ2) is 9.84. The third-order valence-electron chi connectivity index (χ3n) is 4.18. The number of carbonyl (C=O) groups is 1. The van der Waals surface area contributed by atoms with Gasteiger partial charge in [-0.3, -0.25) is 14.2 Å². The summed E-state index contributed by atoms with van der Waals surface area (Å²) in [4.78, 5) is 29.4. The first-order valence-corrected chi connectivity index (χ1v) is 9.91. The molecular weight excluding hydrogens is 406 g/mol. The zero-order chi connectivity index (χ0) is 21.5. The lowest BCUT2D eigenvalue weighted by molar-refractivity contribution is -0.113. The van der Waals surface area contributed by atoms with E-state index >= 15 is 0 Å². The molecule has 1 heterocycles.